The number of carbonyl (C=O) groups is 2. The van der Waals surface area contributed by atoms with Crippen LogP contribution in [0.25, 0.3) is 0 Å². The monoisotopic (exact) mass is 301 g/mol. The topological polar surface area (TPSA) is 110 Å². The summed E-state index contributed by atoms with van der Waals surface area (Å²) in [5.74, 6) is -2.11. The van der Waals surface area contributed by atoms with Crippen molar-refractivity contribution in [1.82, 2.24) is 0 Å². The minimum Gasteiger partial charge on any atom is -0.478 e. The molecular formula is C12H15NO6S. The number of anilines is 1. The van der Waals surface area contributed by atoms with Gasteiger partial charge in [-0.1, -0.05) is 0 Å². The van der Waals surface area contributed by atoms with Gasteiger partial charge in [0, 0.05) is 0 Å². The van der Waals surface area contributed by atoms with Gasteiger partial charge in [0.2, 0.25) is 10.0 Å². The van der Waals surface area contributed by atoms with Crippen molar-refractivity contribution in [3.05, 3.63) is 29.3 Å². The van der Waals surface area contributed by atoms with E-state index in [0.29, 0.717) is 5.56 Å². The molecule has 8 heteroatoms. The van der Waals surface area contributed by atoms with Crippen molar-refractivity contribution in [1.29, 1.82) is 0 Å². The van der Waals surface area contributed by atoms with Crippen LogP contribution in [0, 0.1) is 6.92 Å². The van der Waals surface area contributed by atoms with Crippen LogP contribution < -0.4 is 4.72 Å². The SMILES string of the molecule is COC(=O)CCS(=O)(=O)Nc1ccc(C(=O)O)cc1C. The minimum atomic E-state index is -3.69. The van der Waals surface area contributed by atoms with Crippen molar-refractivity contribution in [2.24, 2.45) is 0 Å². The van der Waals surface area contributed by atoms with E-state index in [1.165, 1.54) is 25.3 Å². The Labute approximate surface area is 116 Å². The Bertz CT molecular complexity index is 623. The number of esters is 1. The van der Waals surface area contributed by atoms with Crippen LogP contribution in [-0.4, -0.2) is 38.3 Å². The smallest absolute Gasteiger partial charge is 0.335 e. The number of sulfonamides is 1. The summed E-state index contributed by atoms with van der Waals surface area (Å²) in [6.07, 6.45) is -0.252. The van der Waals surface area contributed by atoms with E-state index in [2.05, 4.69) is 9.46 Å². The van der Waals surface area contributed by atoms with E-state index < -0.39 is 27.7 Å². The van der Waals surface area contributed by atoms with Gasteiger partial charge in [0.05, 0.1) is 30.5 Å². The third-order valence-corrected chi connectivity index (χ3v) is 3.81. The van der Waals surface area contributed by atoms with Gasteiger partial charge >= 0.3 is 11.9 Å². The molecule has 0 amide bonds. The Balaban J connectivity index is 2.82. The fourth-order valence-corrected chi connectivity index (χ4v) is 2.55. The Morgan fingerprint density at radius 3 is 2.50 bits per heavy atom. The van der Waals surface area contributed by atoms with E-state index >= 15 is 0 Å². The average molecular weight is 301 g/mol. The van der Waals surface area contributed by atoms with Crippen LogP contribution in [0.5, 0.6) is 0 Å². The molecule has 0 bridgehead atoms. The largest absolute Gasteiger partial charge is 0.478 e. The zero-order valence-corrected chi connectivity index (χ0v) is 11.9. The summed E-state index contributed by atoms with van der Waals surface area (Å²) < 4.78 is 30.2. The zero-order valence-electron chi connectivity index (χ0n) is 11.0. The summed E-state index contributed by atoms with van der Waals surface area (Å²) >= 11 is 0. The highest BCUT2D eigenvalue weighted by Crippen LogP contribution is 2.18. The normalized spacial score (nSPS) is 10.9. The predicted molar refractivity (Wildman–Crippen MR) is 72.2 cm³/mol. The van der Waals surface area contributed by atoms with Crippen LogP contribution in [0.2, 0.25) is 0 Å². The molecule has 1 rings (SSSR count). The van der Waals surface area contributed by atoms with Crippen LogP contribution >= 0.6 is 0 Å². The number of carboxylic acids is 1. The van der Waals surface area contributed by atoms with E-state index in [-0.39, 0.29) is 17.7 Å². The lowest BCUT2D eigenvalue weighted by Crippen LogP contribution is -2.20. The first-order chi connectivity index (χ1) is 9.25. The molecule has 0 aromatic heterocycles. The van der Waals surface area contributed by atoms with Crippen molar-refractivity contribution in [3.8, 4) is 0 Å². The third kappa shape index (κ3) is 4.54. The number of carbonyl (C=O) groups excluding carboxylic acids is 1. The maximum atomic E-state index is 11.8. The molecule has 110 valence electrons. The maximum absolute atomic E-state index is 11.8. The quantitative estimate of drug-likeness (QED) is 0.758. The summed E-state index contributed by atoms with van der Waals surface area (Å²) in [6.45, 7) is 1.59. The molecule has 0 atom stereocenters. The lowest BCUT2D eigenvalue weighted by Gasteiger charge is -2.10. The minimum absolute atomic E-state index is 0.0695. The van der Waals surface area contributed by atoms with Crippen molar-refractivity contribution >= 4 is 27.6 Å². The van der Waals surface area contributed by atoms with Gasteiger partial charge in [0.15, 0.2) is 0 Å². The lowest BCUT2D eigenvalue weighted by molar-refractivity contribution is -0.140. The highest BCUT2D eigenvalue weighted by atomic mass is 32.2. The molecule has 0 spiro atoms. The van der Waals surface area contributed by atoms with Crippen molar-refractivity contribution in [2.45, 2.75) is 13.3 Å². The van der Waals surface area contributed by atoms with Gasteiger partial charge in [-0.3, -0.25) is 9.52 Å². The molecule has 2 N–H and O–H groups in total. The zero-order chi connectivity index (χ0) is 15.3. The molecule has 20 heavy (non-hydrogen) atoms. The number of nitrogens with one attached hydrogen (secondary N) is 1. The number of methoxy groups -OCH3 is 1. The van der Waals surface area contributed by atoms with E-state index in [0.717, 1.165) is 0 Å². The first kappa shape index (κ1) is 16.0. The Morgan fingerprint density at radius 2 is 2.00 bits per heavy atom. The van der Waals surface area contributed by atoms with Gasteiger partial charge in [-0.05, 0) is 30.7 Å². The molecule has 0 unspecified atom stereocenters. The van der Waals surface area contributed by atoms with Gasteiger partial charge in [0.1, 0.15) is 0 Å². The molecule has 7 nitrogen and oxygen atoms in total. The molecular weight excluding hydrogens is 286 g/mol. The van der Waals surface area contributed by atoms with E-state index in [9.17, 15) is 18.0 Å². The number of benzene rings is 1. The molecule has 0 aliphatic carbocycles. The first-order valence-electron chi connectivity index (χ1n) is 5.66. The molecule has 0 heterocycles. The molecule has 1 aromatic rings. The number of aryl methyl sites for hydroxylation is 1. The molecule has 0 radical (unpaired) electrons. The van der Waals surface area contributed by atoms with Crippen LogP contribution in [0.3, 0.4) is 0 Å². The van der Waals surface area contributed by atoms with Gasteiger partial charge in [0.25, 0.3) is 0 Å². The second-order valence-corrected chi connectivity index (χ2v) is 5.92. The molecule has 0 fully saturated rings. The second kappa shape index (κ2) is 6.38. The highest BCUT2D eigenvalue weighted by Gasteiger charge is 2.15. The van der Waals surface area contributed by atoms with Gasteiger partial charge in [-0.2, -0.15) is 0 Å². The Morgan fingerprint density at radius 1 is 1.35 bits per heavy atom. The number of hydrogen-bond donors (Lipinski definition) is 2. The number of hydrogen-bond acceptors (Lipinski definition) is 5. The van der Waals surface area contributed by atoms with Gasteiger partial charge in [-0.15, -0.1) is 0 Å². The van der Waals surface area contributed by atoms with Crippen LogP contribution in [0.1, 0.15) is 22.3 Å². The summed E-state index contributed by atoms with van der Waals surface area (Å²) in [5.41, 5.74) is 0.825. The fraction of sp³-hybridized carbons (Fsp3) is 0.333. The maximum Gasteiger partial charge on any atom is 0.335 e. The molecule has 0 saturated heterocycles. The standard InChI is InChI=1S/C12H15NO6S/c1-8-7-9(12(15)16)3-4-10(8)13-20(17,18)6-5-11(14)19-2/h3-4,7,13H,5-6H2,1-2H3,(H,15,16). The molecule has 1 aromatic carbocycles. The average Bonchev–Trinajstić information content (AvgIpc) is 2.38. The van der Waals surface area contributed by atoms with Crippen molar-refractivity contribution < 1.29 is 27.9 Å². The van der Waals surface area contributed by atoms with Gasteiger partial charge < -0.3 is 9.84 Å². The van der Waals surface area contributed by atoms with Crippen molar-refractivity contribution in [3.63, 3.8) is 0 Å². The Hall–Kier alpha value is -2.09. The molecule has 0 aliphatic rings. The highest BCUT2D eigenvalue weighted by molar-refractivity contribution is 7.92. The van der Waals surface area contributed by atoms with E-state index in [1.54, 1.807) is 6.92 Å². The second-order valence-electron chi connectivity index (χ2n) is 4.08. The summed E-state index contributed by atoms with van der Waals surface area (Å²) in [7, 11) is -2.52. The summed E-state index contributed by atoms with van der Waals surface area (Å²) in [4.78, 5) is 21.7. The van der Waals surface area contributed by atoms with Crippen LogP contribution in [-0.2, 0) is 19.6 Å². The number of carboxylic acid groups (broad SMARTS) is 1. The van der Waals surface area contributed by atoms with Crippen LogP contribution in [0.15, 0.2) is 18.2 Å². The number of ether oxygens (including phenoxy) is 1. The first-order valence-corrected chi connectivity index (χ1v) is 7.31. The predicted octanol–water partition coefficient (Wildman–Crippen LogP) is 0.998. The van der Waals surface area contributed by atoms with Crippen molar-refractivity contribution in [2.75, 3.05) is 17.6 Å². The van der Waals surface area contributed by atoms with Crippen LogP contribution in [0.4, 0.5) is 5.69 Å². The number of rotatable bonds is 6. The fourth-order valence-electron chi connectivity index (χ4n) is 1.45. The third-order valence-electron chi connectivity index (χ3n) is 2.54. The summed E-state index contributed by atoms with van der Waals surface area (Å²) in [6, 6.07) is 4.03. The lowest BCUT2D eigenvalue weighted by atomic mass is 10.1. The van der Waals surface area contributed by atoms with E-state index in [1.807, 2.05) is 0 Å². The van der Waals surface area contributed by atoms with E-state index in [4.69, 9.17) is 5.11 Å². The Kier molecular flexibility index (Phi) is 5.09. The number of aromatic carboxylic acids is 1. The molecule has 0 aliphatic heterocycles. The molecule has 0 saturated carbocycles. The summed E-state index contributed by atoms with van der Waals surface area (Å²) in [5, 5.41) is 8.82. The van der Waals surface area contributed by atoms with Gasteiger partial charge in [-0.25, -0.2) is 13.2 Å².